The summed E-state index contributed by atoms with van der Waals surface area (Å²) in [6.45, 7) is 0. The number of hydrogen-bond donors (Lipinski definition) is 2. The summed E-state index contributed by atoms with van der Waals surface area (Å²) < 4.78 is 0. The summed E-state index contributed by atoms with van der Waals surface area (Å²) in [4.78, 5) is 23.0. The van der Waals surface area contributed by atoms with Gasteiger partial charge < -0.3 is 10.4 Å². The Kier molecular flexibility index (Phi) is 4.10. The van der Waals surface area contributed by atoms with Gasteiger partial charge in [0, 0.05) is 5.56 Å². The Morgan fingerprint density at radius 1 is 1.16 bits per heavy atom. The molecule has 2 N–H and O–H groups in total. The molecule has 0 bridgehead atoms. The van der Waals surface area contributed by atoms with Crippen LogP contribution in [0.4, 0.5) is 0 Å². The number of amides is 1. The molecule has 2 aromatic rings. The van der Waals surface area contributed by atoms with E-state index in [9.17, 15) is 9.59 Å². The average molecular weight is 273 g/mol. The maximum atomic E-state index is 11.9. The summed E-state index contributed by atoms with van der Waals surface area (Å²) in [5.41, 5.74) is 1.02. The van der Waals surface area contributed by atoms with Gasteiger partial charge in [0.1, 0.15) is 5.70 Å². The highest BCUT2D eigenvalue weighted by molar-refractivity contribution is 7.08. The van der Waals surface area contributed by atoms with Crippen LogP contribution in [0, 0.1) is 0 Å². The van der Waals surface area contributed by atoms with Gasteiger partial charge in [0.25, 0.3) is 5.91 Å². The molecule has 0 fully saturated rings. The molecular weight excluding hydrogens is 262 g/mol. The Labute approximate surface area is 114 Å². The Morgan fingerprint density at radius 3 is 2.47 bits per heavy atom. The van der Waals surface area contributed by atoms with Gasteiger partial charge in [0.05, 0.1) is 0 Å². The van der Waals surface area contributed by atoms with E-state index in [2.05, 4.69) is 5.32 Å². The number of carbonyl (C=O) groups is 2. The molecule has 0 aliphatic heterocycles. The van der Waals surface area contributed by atoms with Crippen LogP contribution in [0.2, 0.25) is 0 Å². The molecule has 1 heterocycles. The lowest BCUT2D eigenvalue weighted by Crippen LogP contribution is -2.27. The maximum absolute atomic E-state index is 11.9. The van der Waals surface area contributed by atoms with E-state index >= 15 is 0 Å². The number of nitrogens with one attached hydrogen (secondary N) is 1. The van der Waals surface area contributed by atoms with Crippen molar-refractivity contribution in [2.75, 3.05) is 0 Å². The zero-order chi connectivity index (χ0) is 13.7. The normalized spacial score (nSPS) is 11.1. The number of carboxylic acid groups (broad SMARTS) is 1. The minimum Gasteiger partial charge on any atom is -0.477 e. The third-order valence-corrected chi connectivity index (χ3v) is 3.07. The zero-order valence-corrected chi connectivity index (χ0v) is 10.7. The van der Waals surface area contributed by atoms with Crippen LogP contribution in [-0.4, -0.2) is 17.0 Å². The minimum atomic E-state index is -1.17. The fraction of sp³-hybridized carbons (Fsp3) is 0. The Bertz CT molecular complexity index is 603. The molecule has 1 aromatic carbocycles. The van der Waals surface area contributed by atoms with Crippen LogP contribution >= 0.6 is 11.3 Å². The SMILES string of the molecule is O=C(O)/C(=C/c1ccsc1)NC(=O)c1ccccc1. The van der Waals surface area contributed by atoms with Crippen molar-refractivity contribution in [3.8, 4) is 0 Å². The van der Waals surface area contributed by atoms with Crippen molar-refractivity contribution in [3.63, 3.8) is 0 Å². The van der Waals surface area contributed by atoms with Crippen LogP contribution in [0.1, 0.15) is 15.9 Å². The highest BCUT2D eigenvalue weighted by atomic mass is 32.1. The first-order valence-corrected chi connectivity index (χ1v) is 6.44. The van der Waals surface area contributed by atoms with Crippen molar-refractivity contribution in [1.29, 1.82) is 0 Å². The lowest BCUT2D eigenvalue weighted by Gasteiger charge is -2.05. The van der Waals surface area contributed by atoms with Gasteiger partial charge in [-0.2, -0.15) is 11.3 Å². The molecule has 0 unspecified atom stereocenters. The van der Waals surface area contributed by atoms with E-state index in [1.807, 2.05) is 5.38 Å². The standard InChI is InChI=1S/C14H11NO3S/c16-13(11-4-2-1-3-5-11)15-12(14(17)18)8-10-6-7-19-9-10/h1-9H,(H,15,16)(H,17,18)/b12-8-. The van der Waals surface area contributed by atoms with Gasteiger partial charge in [-0.3, -0.25) is 4.79 Å². The lowest BCUT2D eigenvalue weighted by molar-refractivity contribution is -0.132. The molecule has 2 rings (SSSR count). The molecular formula is C14H11NO3S. The Balaban J connectivity index is 2.19. The summed E-state index contributed by atoms with van der Waals surface area (Å²) in [6, 6.07) is 10.3. The average Bonchev–Trinajstić information content (AvgIpc) is 2.91. The number of aliphatic carboxylic acids is 1. The van der Waals surface area contributed by atoms with Gasteiger partial charge in [0.15, 0.2) is 0 Å². The van der Waals surface area contributed by atoms with Crippen LogP contribution in [-0.2, 0) is 4.79 Å². The Morgan fingerprint density at radius 2 is 1.89 bits per heavy atom. The van der Waals surface area contributed by atoms with Crippen molar-refractivity contribution < 1.29 is 14.7 Å². The van der Waals surface area contributed by atoms with E-state index < -0.39 is 11.9 Å². The highest BCUT2D eigenvalue weighted by Crippen LogP contribution is 2.10. The van der Waals surface area contributed by atoms with Gasteiger partial charge in [-0.15, -0.1) is 0 Å². The van der Waals surface area contributed by atoms with E-state index in [1.54, 1.807) is 41.8 Å². The maximum Gasteiger partial charge on any atom is 0.352 e. The van der Waals surface area contributed by atoms with Gasteiger partial charge >= 0.3 is 5.97 Å². The van der Waals surface area contributed by atoms with E-state index in [0.29, 0.717) is 5.56 Å². The van der Waals surface area contributed by atoms with E-state index in [0.717, 1.165) is 5.56 Å². The van der Waals surface area contributed by atoms with Crippen LogP contribution in [0.25, 0.3) is 6.08 Å². The summed E-state index contributed by atoms with van der Waals surface area (Å²) >= 11 is 1.46. The molecule has 0 aliphatic carbocycles. The van der Waals surface area contributed by atoms with E-state index in [-0.39, 0.29) is 5.70 Å². The fourth-order valence-electron chi connectivity index (χ4n) is 1.46. The van der Waals surface area contributed by atoms with Crippen LogP contribution in [0.15, 0.2) is 52.9 Å². The number of benzene rings is 1. The van der Waals surface area contributed by atoms with Crippen LogP contribution in [0.5, 0.6) is 0 Å². The molecule has 0 spiro atoms. The van der Waals surface area contributed by atoms with E-state index in [4.69, 9.17) is 5.11 Å². The third kappa shape index (κ3) is 3.53. The zero-order valence-electron chi connectivity index (χ0n) is 9.87. The van der Waals surface area contributed by atoms with Crippen molar-refractivity contribution in [1.82, 2.24) is 5.32 Å². The van der Waals surface area contributed by atoms with E-state index in [1.165, 1.54) is 17.4 Å². The molecule has 96 valence electrons. The molecule has 4 nitrogen and oxygen atoms in total. The summed E-state index contributed by atoms with van der Waals surface area (Å²) in [6.07, 6.45) is 1.43. The first kappa shape index (κ1) is 13.0. The first-order valence-electron chi connectivity index (χ1n) is 5.50. The molecule has 0 saturated heterocycles. The second kappa shape index (κ2) is 5.97. The van der Waals surface area contributed by atoms with Crippen LogP contribution < -0.4 is 5.32 Å². The predicted octanol–water partition coefficient (Wildman–Crippen LogP) is 2.60. The summed E-state index contributed by atoms with van der Waals surface area (Å²) in [5.74, 6) is -1.61. The predicted molar refractivity (Wildman–Crippen MR) is 73.8 cm³/mol. The summed E-state index contributed by atoms with van der Waals surface area (Å²) in [7, 11) is 0. The summed E-state index contributed by atoms with van der Waals surface area (Å²) in [5, 5.41) is 15.1. The molecule has 19 heavy (non-hydrogen) atoms. The molecule has 1 aromatic heterocycles. The molecule has 0 saturated carbocycles. The second-order valence-corrected chi connectivity index (χ2v) is 4.52. The number of hydrogen-bond acceptors (Lipinski definition) is 3. The first-order chi connectivity index (χ1) is 9.16. The van der Waals surface area contributed by atoms with Crippen molar-refractivity contribution >= 4 is 29.3 Å². The number of carbonyl (C=O) groups excluding carboxylic acids is 1. The molecule has 5 heteroatoms. The Hall–Kier alpha value is -2.40. The molecule has 1 amide bonds. The van der Waals surface area contributed by atoms with Gasteiger partial charge in [0.2, 0.25) is 0 Å². The van der Waals surface area contributed by atoms with Crippen LogP contribution in [0.3, 0.4) is 0 Å². The smallest absolute Gasteiger partial charge is 0.352 e. The number of carboxylic acids is 1. The van der Waals surface area contributed by atoms with Gasteiger partial charge in [-0.1, -0.05) is 18.2 Å². The number of thiophene rings is 1. The monoisotopic (exact) mass is 273 g/mol. The topological polar surface area (TPSA) is 66.4 Å². The third-order valence-electron chi connectivity index (χ3n) is 2.37. The van der Waals surface area contributed by atoms with Crippen molar-refractivity contribution in [2.24, 2.45) is 0 Å². The lowest BCUT2D eigenvalue weighted by atomic mass is 10.2. The second-order valence-electron chi connectivity index (χ2n) is 3.74. The molecule has 0 radical (unpaired) electrons. The quantitative estimate of drug-likeness (QED) is 0.841. The van der Waals surface area contributed by atoms with Gasteiger partial charge in [-0.05, 0) is 40.6 Å². The van der Waals surface area contributed by atoms with Crippen molar-refractivity contribution in [3.05, 3.63) is 64.0 Å². The van der Waals surface area contributed by atoms with Gasteiger partial charge in [-0.25, -0.2) is 4.79 Å². The minimum absolute atomic E-state index is 0.146. The largest absolute Gasteiger partial charge is 0.477 e. The molecule has 0 aliphatic rings. The fourth-order valence-corrected chi connectivity index (χ4v) is 2.08. The molecule has 0 atom stereocenters. The highest BCUT2D eigenvalue weighted by Gasteiger charge is 2.12. The van der Waals surface area contributed by atoms with Crippen molar-refractivity contribution in [2.45, 2.75) is 0 Å². The number of rotatable bonds is 4.